The third-order valence-corrected chi connectivity index (χ3v) is 4.30. The van der Waals surface area contributed by atoms with Gasteiger partial charge in [0.1, 0.15) is 0 Å². The zero-order chi connectivity index (χ0) is 14.0. The molecule has 3 nitrogen and oxygen atoms in total. The third kappa shape index (κ3) is 3.41. The van der Waals surface area contributed by atoms with Crippen molar-refractivity contribution in [1.29, 1.82) is 0 Å². The highest BCUT2D eigenvalue weighted by molar-refractivity contribution is 6.33. The van der Waals surface area contributed by atoms with Crippen molar-refractivity contribution in [3.63, 3.8) is 0 Å². The lowest BCUT2D eigenvalue weighted by Gasteiger charge is -2.37. The van der Waals surface area contributed by atoms with E-state index in [9.17, 15) is 9.90 Å². The number of likely N-dealkylation sites (tertiary alicyclic amines) is 1. The lowest BCUT2D eigenvalue weighted by Crippen LogP contribution is -2.45. The van der Waals surface area contributed by atoms with Gasteiger partial charge in [-0.2, -0.15) is 0 Å². The van der Waals surface area contributed by atoms with E-state index in [1.165, 1.54) is 0 Å². The van der Waals surface area contributed by atoms with E-state index in [1.54, 1.807) is 19.1 Å². The smallest absolute Gasteiger partial charge is 0.310 e. The van der Waals surface area contributed by atoms with Crippen LogP contribution in [0.2, 0.25) is 10.0 Å². The topological polar surface area (TPSA) is 40.5 Å². The number of hydrogen-bond donors (Lipinski definition) is 1. The number of piperidine rings is 1. The number of carboxylic acids is 1. The van der Waals surface area contributed by atoms with E-state index in [4.69, 9.17) is 23.2 Å². The van der Waals surface area contributed by atoms with Crippen LogP contribution < -0.4 is 0 Å². The van der Waals surface area contributed by atoms with Crippen molar-refractivity contribution in [2.24, 2.45) is 5.41 Å². The molecule has 1 aromatic carbocycles. The highest BCUT2D eigenvalue weighted by atomic mass is 35.5. The van der Waals surface area contributed by atoms with Crippen LogP contribution in [-0.2, 0) is 11.3 Å². The molecule has 0 aromatic heterocycles. The maximum absolute atomic E-state index is 11.3. The second-order valence-electron chi connectivity index (χ2n) is 5.42. The molecule has 1 aliphatic heterocycles. The Kier molecular flexibility index (Phi) is 4.39. The highest BCUT2D eigenvalue weighted by Gasteiger charge is 2.37. The molecule has 1 N–H and O–H groups in total. The molecule has 1 atom stereocenters. The molecule has 0 amide bonds. The third-order valence-electron chi connectivity index (χ3n) is 3.69. The molecule has 0 aliphatic carbocycles. The van der Waals surface area contributed by atoms with Crippen molar-refractivity contribution in [2.75, 3.05) is 13.1 Å². The van der Waals surface area contributed by atoms with Gasteiger partial charge in [0.15, 0.2) is 0 Å². The van der Waals surface area contributed by atoms with Crippen molar-refractivity contribution in [3.8, 4) is 0 Å². The van der Waals surface area contributed by atoms with Gasteiger partial charge in [0, 0.05) is 23.1 Å². The van der Waals surface area contributed by atoms with E-state index in [0.29, 0.717) is 23.1 Å². The molecule has 1 saturated heterocycles. The Labute approximate surface area is 123 Å². The van der Waals surface area contributed by atoms with Gasteiger partial charge in [-0.25, -0.2) is 0 Å². The summed E-state index contributed by atoms with van der Waals surface area (Å²) in [5.41, 5.74) is 0.285. The maximum atomic E-state index is 11.3. The minimum absolute atomic E-state index is 0.547. The summed E-state index contributed by atoms with van der Waals surface area (Å²) in [4.78, 5) is 13.5. The van der Waals surface area contributed by atoms with Crippen LogP contribution in [0.1, 0.15) is 25.3 Å². The molecule has 1 aromatic rings. The van der Waals surface area contributed by atoms with Gasteiger partial charge in [0.25, 0.3) is 0 Å². The number of hydrogen-bond acceptors (Lipinski definition) is 2. The number of rotatable bonds is 3. The van der Waals surface area contributed by atoms with Crippen LogP contribution in [0, 0.1) is 5.41 Å². The first-order chi connectivity index (χ1) is 8.90. The Morgan fingerprint density at radius 3 is 2.89 bits per heavy atom. The fourth-order valence-electron chi connectivity index (χ4n) is 2.56. The Morgan fingerprint density at radius 1 is 1.47 bits per heavy atom. The standard InChI is InChI=1S/C14H17Cl2NO2/c1-14(13(18)19)5-2-6-17(9-14)8-10-7-11(15)3-4-12(10)16/h3-4,7H,2,5-6,8-9H2,1H3,(H,18,19). The Bertz CT molecular complexity index is 492. The summed E-state index contributed by atoms with van der Waals surface area (Å²) < 4.78 is 0. The summed E-state index contributed by atoms with van der Waals surface area (Å²) in [6.45, 7) is 3.89. The van der Waals surface area contributed by atoms with Crippen LogP contribution in [0.15, 0.2) is 18.2 Å². The molecule has 1 aliphatic rings. The molecule has 5 heteroatoms. The summed E-state index contributed by atoms with van der Waals surface area (Å²) in [7, 11) is 0. The van der Waals surface area contributed by atoms with Gasteiger partial charge in [-0.3, -0.25) is 9.69 Å². The summed E-state index contributed by atoms with van der Waals surface area (Å²) in [6.07, 6.45) is 1.61. The number of carboxylic acid groups (broad SMARTS) is 1. The lowest BCUT2D eigenvalue weighted by molar-refractivity contribution is -0.151. The van der Waals surface area contributed by atoms with E-state index >= 15 is 0 Å². The molecular weight excluding hydrogens is 285 g/mol. The monoisotopic (exact) mass is 301 g/mol. The van der Waals surface area contributed by atoms with E-state index in [1.807, 2.05) is 6.07 Å². The van der Waals surface area contributed by atoms with Gasteiger partial charge in [0.2, 0.25) is 0 Å². The fourth-order valence-corrected chi connectivity index (χ4v) is 2.93. The minimum atomic E-state index is -0.727. The quantitative estimate of drug-likeness (QED) is 0.926. The number of halogens is 2. The van der Waals surface area contributed by atoms with E-state index in [2.05, 4.69) is 4.90 Å². The second kappa shape index (κ2) is 5.70. The molecule has 1 unspecified atom stereocenters. The van der Waals surface area contributed by atoms with E-state index in [-0.39, 0.29) is 0 Å². The molecule has 0 bridgehead atoms. The van der Waals surface area contributed by atoms with Crippen molar-refractivity contribution in [1.82, 2.24) is 4.90 Å². The lowest BCUT2D eigenvalue weighted by atomic mass is 9.82. The van der Waals surface area contributed by atoms with Crippen LogP contribution >= 0.6 is 23.2 Å². The Balaban J connectivity index is 2.11. The first-order valence-electron chi connectivity index (χ1n) is 6.30. The number of benzene rings is 1. The van der Waals surface area contributed by atoms with Gasteiger partial charge in [-0.15, -0.1) is 0 Å². The van der Waals surface area contributed by atoms with Gasteiger partial charge in [-0.05, 0) is 50.1 Å². The first-order valence-corrected chi connectivity index (χ1v) is 7.06. The molecule has 1 heterocycles. The summed E-state index contributed by atoms with van der Waals surface area (Å²) >= 11 is 12.1. The average Bonchev–Trinajstić information content (AvgIpc) is 2.34. The van der Waals surface area contributed by atoms with E-state index < -0.39 is 11.4 Å². The zero-order valence-electron chi connectivity index (χ0n) is 10.8. The minimum Gasteiger partial charge on any atom is -0.481 e. The van der Waals surface area contributed by atoms with Crippen molar-refractivity contribution >= 4 is 29.2 Å². The van der Waals surface area contributed by atoms with Crippen LogP contribution in [-0.4, -0.2) is 29.1 Å². The van der Waals surface area contributed by atoms with Crippen LogP contribution in [0.5, 0.6) is 0 Å². The average molecular weight is 302 g/mol. The predicted molar refractivity (Wildman–Crippen MR) is 76.7 cm³/mol. The predicted octanol–water partition coefficient (Wildman–Crippen LogP) is 3.68. The molecule has 0 saturated carbocycles. The van der Waals surface area contributed by atoms with Crippen molar-refractivity contribution in [3.05, 3.63) is 33.8 Å². The molecular formula is C14H17Cl2NO2. The van der Waals surface area contributed by atoms with E-state index in [0.717, 1.165) is 24.9 Å². The Hall–Kier alpha value is -0.770. The maximum Gasteiger partial charge on any atom is 0.310 e. The van der Waals surface area contributed by atoms with Crippen molar-refractivity contribution in [2.45, 2.75) is 26.3 Å². The van der Waals surface area contributed by atoms with Gasteiger partial charge >= 0.3 is 5.97 Å². The molecule has 0 radical (unpaired) electrons. The highest BCUT2D eigenvalue weighted by Crippen LogP contribution is 2.31. The Morgan fingerprint density at radius 2 is 2.21 bits per heavy atom. The molecule has 19 heavy (non-hydrogen) atoms. The largest absolute Gasteiger partial charge is 0.481 e. The molecule has 2 rings (SSSR count). The first kappa shape index (κ1) is 14.6. The van der Waals surface area contributed by atoms with Crippen molar-refractivity contribution < 1.29 is 9.90 Å². The summed E-state index contributed by atoms with van der Waals surface area (Å²) in [5, 5.41) is 10.6. The molecule has 1 fully saturated rings. The fraction of sp³-hybridized carbons (Fsp3) is 0.500. The van der Waals surface area contributed by atoms with Crippen LogP contribution in [0.3, 0.4) is 0 Å². The van der Waals surface area contributed by atoms with Gasteiger partial charge < -0.3 is 5.11 Å². The van der Waals surface area contributed by atoms with Gasteiger partial charge in [0.05, 0.1) is 5.41 Å². The number of aliphatic carboxylic acids is 1. The summed E-state index contributed by atoms with van der Waals surface area (Å²) in [6, 6.07) is 5.38. The number of nitrogens with zero attached hydrogens (tertiary/aromatic N) is 1. The SMILES string of the molecule is CC1(C(=O)O)CCCN(Cc2cc(Cl)ccc2Cl)C1. The normalized spacial score (nSPS) is 24.4. The van der Waals surface area contributed by atoms with Gasteiger partial charge in [-0.1, -0.05) is 23.2 Å². The van der Waals surface area contributed by atoms with Crippen LogP contribution in [0.4, 0.5) is 0 Å². The molecule has 0 spiro atoms. The second-order valence-corrected chi connectivity index (χ2v) is 6.26. The number of carbonyl (C=O) groups is 1. The summed E-state index contributed by atoms with van der Waals surface area (Å²) in [5.74, 6) is -0.727. The van der Waals surface area contributed by atoms with Crippen LogP contribution in [0.25, 0.3) is 0 Å². The zero-order valence-corrected chi connectivity index (χ0v) is 12.3. The molecule has 104 valence electrons.